The van der Waals surface area contributed by atoms with Gasteiger partial charge in [0.25, 0.3) is 5.91 Å². The van der Waals surface area contributed by atoms with Crippen molar-refractivity contribution in [3.63, 3.8) is 0 Å². The molecule has 0 aliphatic carbocycles. The second-order valence-electron chi connectivity index (χ2n) is 4.94. The molecule has 0 aromatic heterocycles. The zero-order valence-corrected chi connectivity index (χ0v) is 11.8. The first-order valence-electron chi connectivity index (χ1n) is 6.23. The van der Waals surface area contributed by atoms with Gasteiger partial charge in [0.1, 0.15) is 0 Å². The number of ether oxygens (including phenoxy) is 1. The molecule has 1 aromatic carbocycles. The van der Waals surface area contributed by atoms with Gasteiger partial charge in [0.15, 0.2) is 17.7 Å². The molecule has 106 valence electrons. The van der Waals surface area contributed by atoms with Crippen molar-refractivity contribution in [3.05, 3.63) is 29.6 Å². The molecule has 0 spiro atoms. The molecule has 1 amide bonds. The number of carbonyl (C=O) groups excluding carboxylic acids is 1. The van der Waals surface area contributed by atoms with Crippen molar-refractivity contribution >= 4 is 5.91 Å². The minimum atomic E-state index is -0.719. The van der Waals surface area contributed by atoms with Gasteiger partial charge in [0.05, 0.1) is 0 Å². The number of nitrogens with zero attached hydrogens (tertiary/aromatic N) is 1. The van der Waals surface area contributed by atoms with E-state index in [4.69, 9.17) is 10.5 Å². The van der Waals surface area contributed by atoms with Crippen LogP contribution in [-0.2, 0) is 11.2 Å². The van der Waals surface area contributed by atoms with Gasteiger partial charge in [-0.2, -0.15) is 0 Å². The molecule has 2 unspecified atom stereocenters. The molecule has 4 nitrogen and oxygen atoms in total. The Morgan fingerprint density at radius 2 is 2.05 bits per heavy atom. The number of carbonyl (C=O) groups is 1. The maximum atomic E-state index is 13.8. The molecule has 0 saturated carbocycles. The molecule has 0 heterocycles. The van der Waals surface area contributed by atoms with Crippen LogP contribution < -0.4 is 10.5 Å². The zero-order chi connectivity index (χ0) is 14.6. The van der Waals surface area contributed by atoms with Gasteiger partial charge >= 0.3 is 0 Å². The molecule has 1 aromatic rings. The van der Waals surface area contributed by atoms with Crippen LogP contribution in [0.4, 0.5) is 4.39 Å². The van der Waals surface area contributed by atoms with E-state index >= 15 is 0 Å². The molecule has 2 N–H and O–H groups in total. The fraction of sp³-hybridized carbons (Fsp3) is 0.500. The topological polar surface area (TPSA) is 55.6 Å². The van der Waals surface area contributed by atoms with E-state index in [9.17, 15) is 9.18 Å². The summed E-state index contributed by atoms with van der Waals surface area (Å²) in [6.45, 7) is 3.46. The van der Waals surface area contributed by atoms with Crippen molar-refractivity contribution in [3.8, 4) is 5.75 Å². The molecule has 0 aliphatic rings. The quantitative estimate of drug-likeness (QED) is 0.882. The lowest BCUT2D eigenvalue weighted by molar-refractivity contribution is -0.135. The minimum absolute atomic E-state index is 0.0274. The van der Waals surface area contributed by atoms with Gasteiger partial charge in [-0.05, 0) is 38.0 Å². The normalized spacial score (nSPS) is 13.8. The van der Waals surface area contributed by atoms with Gasteiger partial charge in [0, 0.05) is 20.1 Å². The predicted molar refractivity (Wildman–Crippen MR) is 72.5 cm³/mol. The van der Waals surface area contributed by atoms with Crippen LogP contribution in [-0.4, -0.2) is 37.0 Å². The summed E-state index contributed by atoms with van der Waals surface area (Å²) in [6, 6.07) is 4.66. The van der Waals surface area contributed by atoms with Crippen molar-refractivity contribution in [2.45, 2.75) is 32.4 Å². The molecule has 0 radical (unpaired) electrons. The third-order valence-electron chi connectivity index (χ3n) is 2.65. The third kappa shape index (κ3) is 4.52. The van der Waals surface area contributed by atoms with Crippen LogP contribution in [0.5, 0.6) is 5.75 Å². The Kier molecular flexibility index (Phi) is 5.30. The van der Waals surface area contributed by atoms with E-state index in [0.717, 1.165) is 5.56 Å². The van der Waals surface area contributed by atoms with Crippen LogP contribution in [0.15, 0.2) is 18.2 Å². The lowest BCUT2D eigenvalue weighted by Crippen LogP contribution is -2.35. The number of halogens is 1. The van der Waals surface area contributed by atoms with Crippen molar-refractivity contribution in [1.29, 1.82) is 0 Å². The highest BCUT2D eigenvalue weighted by molar-refractivity contribution is 5.80. The Morgan fingerprint density at radius 1 is 1.42 bits per heavy atom. The summed E-state index contributed by atoms with van der Waals surface area (Å²) in [5.74, 6) is -0.605. The standard InChI is InChI=1S/C14H21FN2O2/c1-9(16)7-11-5-6-13(12(15)8-11)19-10(2)14(18)17(3)4/h5-6,8-10H,7,16H2,1-4H3. The first-order chi connectivity index (χ1) is 8.81. The van der Waals surface area contributed by atoms with Crippen molar-refractivity contribution in [2.24, 2.45) is 5.73 Å². The first-order valence-corrected chi connectivity index (χ1v) is 6.23. The van der Waals surface area contributed by atoms with Gasteiger partial charge in [0.2, 0.25) is 0 Å². The van der Waals surface area contributed by atoms with E-state index in [1.807, 2.05) is 6.92 Å². The summed E-state index contributed by atoms with van der Waals surface area (Å²) < 4.78 is 19.2. The predicted octanol–water partition coefficient (Wildman–Crippen LogP) is 1.57. The third-order valence-corrected chi connectivity index (χ3v) is 2.65. The van der Waals surface area contributed by atoms with Crippen molar-refractivity contribution < 1.29 is 13.9 Å². The summed E-state index contributed by atoms with van der Waals surface area (Å²) in [5.41, 5.74) is 6.47. The first kappa shape index (κ1) is 15.4. The number of rotatable bonds is 5. The second kappa shape index (κ2) is 6.52. The maximum Gasteiger partial charge on any atom is 0.262 e. The van der Waals surface area contributed by atoms with Gasteiger partial charge in [-0.1, -0.05) is 6.07 Å². The number of hydrogen-bond acceptors (Lipinski definition) is 3. The van der Waals surface area contributed by atoms with Gasteiger partial charge in [-0.3, -0.25) is 4.79 Å². The molecule has 19 heavy (non-hydrogen) atoms. The lowest BCUT2D eigenvalue weighted by atomic mass is 10.1. The van der Waals surface area contributed by atoms with E-state index < -0.39 is 11.9 Å². The largest absolute Gasteiger partial charge is 0.478 e. The van der Waals surface area contributed by atoms with Crippen LogP contribution in [0.1, 0.15) is 19.4 Å². The van der Waals surface area contributed by atoms with E-state index in [1.54, 1.807) is 27.1 Å². The molecule has 0 saturated heterocycles. The number of nitrogens with two attached hydrogens (primary N) is 1. The lowest BCUT2D eigenvalue weighted by Gasteiger charge is -2.19. The minimum Gasteiger partial charge on any atom is -0.478 e. The van der Waals surface area contributed by atoms with Gasteiger partial charge < -0.3 is 15.4 Å². The monoisotopic (exact) mass is 268 g/mol. The molecule has 0 bridgehead atoms. The number of hydrogen-bond donors (Lipinski definition) is 1. The highest BCUT2D eigenvalue weighted by atomic mass is 19.1. The second-order valence-corrected chi connectivity index (χ2v) is 4.94. The summed E-state index contributed by atoms with van der Waals surface area (Å²) in [5, 5.41) is 0. The zero-order valence-electron chi connectivity index (χ0n) is 11.8. The molecular formula is C14H21FN2O2. The highest BCUT2D eigenvalue weighted by Crippen LogP contribution is 2.20. The Labute approximate surface area is 113 Å². The average molecular weight is 268 g/mol. The van der Waals surface area contributed by atoms with Crippen LogP contribution >= 0.6 is 0 Å². The number of likely N-dealkylation sites (N-methyl/N-ethyl adjacent to an activating group) is 1. The summed E-state index contributed by atoms with van der Waals surface area (Å²) >= 11 is 0. The van der Waals surface area contributed by atoms with E-state index in [0.29, 0.717) is 6.42 Å². The SMILES string of the molecule is CC(N)Cc1ccc(OC(C)C(=O)N(C)C)c(F)c1. The summed E-state index contributed by atoms with van der Waals surface area (Å²) in [7, 11) is 3.26. The Balaban J connectivity index is 2.77. The Hall–Kier alpha value is -1.62. The molecule has 1 rings (SSSR count). The molecular weight excluding hydrogens is 247 g/mol. The number of benzene rings is 1. The van der Waals surface area contributed by atoms with Crippen LogP contribution in [0.2, 0.25) is 0 Å². The summed E-state index contributed by atoms with van der Waals surface area (Å²) in [4.78, 5) is 13.0. The van der Waals surface area contributed by atoms with Gasteiger partial charge in [-0.25, -0.2) is 4.39 Å². The van der Waals surface area contributed by atoms with Crippen molar-refractivity contribution in [1.82, 2.24) is 4.90 Å². The highest BCUT2D eigenvalue weighted by Gasteiger charge is 2.18. The smallest absolute Gasteiger partial charge is 0.262 e. The van der Waals surface area contributed by atoms with Crippen LogP contribution in [0.3, 0.4) is 0 Å². The fourth-order valence-electron chi connectivity index (χ4n) is 1.74. The van der Waals surface area contributed by atoms with Crippen molar-refractivity contribution in [2.75, 3.05) is 14.1 Å². The van der Waals surface area contributed by atoms with E-state index in [1.165, 1.54) is 17.0 Å². The van der Waals surface area contributed by atoms with Crippen LogP contribution in [0.25, 0.3) is 0 Å². The fourth-order valence-corrected chi connectivity index (χ4v) is 1.74. The Bertz CT molecular complexity index is 447. The van der Waals surface area contributed by atoms with E-state index in [-0.39, 0.29) is 17.7 Å². The molecule has 2 atom stereocenters. The molecule has 5 heteroatoms. The number of amides is 1. The van der Waals surface area contributed by atoms with Gasteiger partial charge in [-0.15, -0.1) is 0 Å². The maximum absolute atomic E-state index is 13.8. The summed E-state index contributed by atoms with van der Waals surface area (Å²) in [6.07, 6.45) is -0.118. The Morgan fingerprint density at radius 3 is 2.53 bits per heavy atom. The molecule has 0 aliphatic heterocycles. The average Bonchev–Trinajstić information content (AvgIpc) is 2.30. The van der Waals surface area contributed by atoms with Crippen LogP contribution in [0, 0.1) is 5.82 Å². The van der Waals surface area contributed by atoms with E-state index in [2.05, 4.69) is 0 Å². The molecule has 0 fully saturated rings.